The molecule has 0 unspecified atom stereocenters. The lowest BCUT2D eigenvalue weighted by molar-refractivity contribution is -0.142. The summed E-state index contributed by atoms with van der Waals surface area (Å²) < 4.78 is 42.2. The molecule has 16 heavy (non-hydrogen) atoms. The number of rotatable bonds is 4. The van der Waals surface area contributed by atoms with Crippen molar-refractivity contribution in [3.8, 4) is 0 Å². The van der Waals surface area contributed by atoms with Crippen molar-refractivity contribution in [2.24, 2.45) is 0 Å². The van der Waals surface area contributed by atoms with E-state index < -0.39 is 12.7 Å². The van der Waals surface area contributed by atoms with E-state index in [0.717, 1.165) is 10.9 Å². The van der Waals surface area contributed by atoms with Crippen LogP contribution in [-0.4, -0.2) is 22.1 Å². The summed E-state index contributed by atoms with van der Waals surface area (Å²) in [4.78, 5) is 0. The van der Waals surface area contributed by atoms with E-state index in [-0.39, 0.29) is 17.7 Å². The lowest BCUT2D eigenvalue weighted by atomic mass is 10.4. The molecule has 0 spiro atoms. The van der Waals surface area contributed by atoms with Crippen molar-refractivity contribution in [2.45, 2.75) is 39.3 Å². The summed E-state index contributed by atoms with van der Waals surface area (Å²) in [7, 11) is 0. The summed E-state index contributed by atoms with van der Waals surface area (Å²) in [6.07, 6.45) is -3.18. The third kappa shape index (κ3) is 4.40. The summed E-state index contributed by atoms with van der Waals surface area (Å²) in [5.41, 5.74) is 0.319. The van der Waals surface area contributed by atoms with Gasteiger partial charge in [0, 0.05) is 6.20 Å². The number of hydrogen-bond donors (Lipinski definition) is 0. The maximum absolute atomic E-state index is 12.1. The van der Waals surface area contributed by atoms with E-state index in [2.05, 4.69) is 5.10 Å². The molecule has 1 rings (SSSR count). The average Bonchev–Trinajstić information content (AvgIpc) is 2.39. The predicted octanol–water partition coefficient (Wildman–Crippen LogP) is 3.02. The Bertz CT molecular complexity index is 349. The zero-order chi connectivity index (χ0) is 12.3. The van der Waals surface area contributed by atoms with Crippen molar-refractivity contribution < 1.29 is 17.9 Å². The van der Waals surface area contributed by atoms with Crippen LogP contribution in [0.3, 0.4) is 0 Å². The average molecular weight is 257 g/mol. The topological polar surface area (TPSA) is 27.1 Å². The molecule has 0 aliphatic heterocycles. The lowest BCUT2D eigenvalue weighted by Crippen LogP contribution is -2.18. The van der Waals surface area contributed by atoms with E-state index in [4.69, 9.17) is 16.3 Å². The maximum Gasteiger partial charge on any atom is 0.408 e. The molecule has 0 atom stereocenters. The molecule has 0 fully saturated rings. The van der Waals surface area contributed by atoms with E-state index in [1.165, 1.54) is 0 Å². The number of alkyl halides is 3. The van der Waals surface area contributed by atoms with Crippen LogP contribution in [0, 0.1) is 0 Å². The third-order valence-electron chi connectivity index (χ3n) is 1.68. The Morgan fingerprint density at radius 2 is 2.12 bits per heavy atom. The summed E-state index contributed by atoms with van der Waals surface area (Å²) >= 11 is 5.73. The summed E-state index contributed by atoms with van der Waals surface area (Å²) in [6, 6.07) is 0. The standard InChI is InChI=1S/C9H12ClF3N2O/c1-6(2)16-4-8-7(10)3-15(14-8)5-9(11,12)13/h3,6H,4-5H2,1-2H3. The maximum atomic E-state index is 12.1. The molecule has 0 bridgehead atoms. The first-order chi connectivity index (χ1) is 7.28. The second-order valence-corrected chi connectivity index (χ2v) is 4.00. The van der Waals surface area contributed by atoms with Crippen LogP contribution in [0.15, 0.2) is 6.20 Å². The van der Waals surface area contributed by atoms with E-state index in [9.17, 15) is 13.2 Å². The van der Waals surface area contributed by atoms with Crippen LogP contribution in [0.5, 0.6) is 0 Å². The van der Waals surface area contributed by atoms with Gasteiger partial charge in [0.1, 0.15) is 12.2 Å². The van der Waals surface area contributed by atoms with E-state index >= 15 is 0 Å². The molecule has 3 nitrogen and oxygen atoms in total. The van der Waals surface area contributed by atoms with Gasteiger partial charge in [-0.05, 0) is 13.8 Å². The fourth-order valence-corrected chi connectivity index (χ4v) is 1.25. The number of nitrogens with zero attached hydrogens (tertiary/aromatic N) is 2. The first-order valence-electron chi connectivity index (χ1n) is 4.68. The van der Waals surface area contributed by atoms with Gasteiger partial charge < -0.3 is 4.74 Å². The molecule has 0 aliphatic rings. The Morgan fingerprint density at radius 1 is 1.50 bits per heavy atom. The van der Waals surface area contributed by atoms with Crippen LogP contribution in [0.4, 0.5) is 13.2 Å². The van der Waals surface area contributed by atoms with Crippen LogP contribution in [0.1, 0.15) is 19.5 Å². The predicted molar refractivity (Wildman–Crippen MR) is 53.2 cm³/mol. The van der Waals surface area contributed by atoms with Crippen LogP contribution in [-0.2, 0) is 17.9 Å². The fraction of sp³-hybridized carbons (Fsp3) is 0.667. The molecule has 1 heterocycles. The number of aromatic nitrogens is 2. The summed E-state index contributed by atoms with van der Waals surface area (Å²) in [5.74, 6) is 0. The van der Waals surface area contributed by atoms with Crippen LogP contribution in [0.25, 0.3) is 0 Å². The molecule has 0 radical (unpaired) electrons. The molecule has 1 aromatic rings. The lowest BCUT2D eigenvalue weighted by Gasteiger charge is -2.06. The molecule has 0 amide bonds. The normalized spacial score (nSPS) is 12.4. The van der Waals surface area contributed by atoms with Gasteiger partial charge in [0.05, 0.1) is 17.7 Å². The zero-order valence-corrected chi connectivity index (χ0v) is 9.64. The van der Waals surface area contributed by atoms with Gasteiger partial charge in [-0.25, -0.2) is 0 Å². The van der Waals surface area contributed by atoms with Gasteiger partial charge >= 0.3 is 6.18 Å². The van der Waals surface area contributed by atoms with Gasteiger partial charge in [0.2, 0.25) is 0 Å². The van der Waals surface area contributed by atoms with Crippen LogP contribution < -0.4 is 0 Å². The van der Waals surface area contributed by atoms with E-state index in [0.29, 0.717) is 5.69 Å². The Morgan fingerprint density at radius 3 is 2.62 bits per heavy atom. The molecule has 0 N–H and O–H groups in total. The minimum absolute atomic E-state index is 0.0242. The van der Waals surface area contributed by atoms with Crippen molar-refractivity contribution in [3.63, 3.8) is 0 Å². The summed E-state index contributed by atoms with van der Waals surface area (Å²) in [5, 5.41) is 3.89. The molecule has 0 aliphatic carbocycles. The second-order valence-electron chi connectivity index (χ2n) is 3.60. The molecular weight excluding hydrogens is 245 g/mol. The largest absolute Gasteiger partial charge is 0.408 e. The Balaban J connectivity index is 2.66. The van der Waals surface area contributed by atoms with Gasteiger partial charge in [-0.1, -0.05) is 11.6 Å². The van der Waals surface area contributed by atoms with Gasteiger partial charge in [-0.15, -0.1) is 0 Å². The number of hydrogen-bond acceptors (Lipinski definition) is 2. The van der Waals surface area contributed by atoms with Crippen LogP contribution >= 0.6 is 11.6 Å². The van der Waals surface area contributed by atoms with Gasteiger partial charge in [0.25, 0.3) is 0 Å². The monoisotopic (exact) mass is 256 g/mol. The van der Waals surface area contributed by atoms with Crippen LogP contribution in [0.2, 0.25) is 5.02 Å². The summed E-state index contributed by atoms with van der Waals surface area (Å²) in [6.45, 7) is 2.61. The van der Waals surface area contributed by atoms with E-state index in [1.807, 2.05) is 13.8 Å². The molecule has 92 valence electrons. The van der Waals surface area contributed by atoms with Crippen molar-refractivity contribution in [1.82, 2.24) is 9.78 Å². The van der Waals surface area contributed by atoms with Crippen molar-refractivity contribution in [3.05, 3.63) is 16.9 Å². The SMILES string of the molecule is CC(C)OCc1nn(CC(F)(F)F)cc1Cl. The highest BCUT2D eigenvalue weighted by molar-refractivity contribution is 6.31. The first-order valence-corrected chi connectivity index (χ1v) is 5.06. The Hall–Kier alpha value is -0.750. The van der Waals surface area contributed by atoms with Gasteiger partial charge in [-0.3, -0.25) is 4.68 Å². The van der Waals surface area contributed by atoms with Gasteiger partial charge in [-0.2, -0.15) is 18.3 Å². The smallest absolute Gasteiger partial charge is 0.372 e. The molecule has 7 heteroatoms. The van der Waals surface area contributed by atoms with Gasteiger partial charge in [0.15, 0.2) is 0 Å². The molecule has 0 saturated heterocycles. The molecule has 1 aromatic heterocycles. The first kappa shape index (κ1) is 13.3. The Kier molecular flexibility index (Phi) is 4.21. The molecule has 0 aromatic carbocycles. The third-order valence-corrected chi connectivity index (χ3v) is 2.00. The number of ether oxygens (including phenoxy) is 1. The van der Waals surface area contributed by atoms with E-state index in [1.54, 1.807) is 0 Å². The quantitative estimate of drug-likeness (QED) is 0.828. The van der Waals surface area contributed by atoms with Crippen molar-refractivity contribution in [2.75, 3.05) is 0 Å². The minimum Gasteiger partial charge on any atom is -0.372 e. The van der Waals surface area contributed by atoms with Crippen molar-refractivity contribution in [1.29, 1.82) is 0 Å². The Labute approximate surface area is 96.1 Å². The fourth-order valence-electron chi connectivity index (χ4n) is 1.05. The zero-order valence-electron chi connectivity index (χ0n) is 8.88. The number of halogens is 4. The minimum atomic E-state index is -4.30. The van der Waals surface area contributed by atoms with Crippen molar-refractivity contribution >= 4 is 11.6 Å². The highest BCUT2D eigenvalue weighted by Gasteiger charge is 2.28. The molecular formula is C9H12ClF3N2O. The highest BCUT2D eigenvalue weighted by atomic mass is 35.5. The molecule has 0 saturated carbocycles. The highest BCUT2D eigenvalue weighted by Crippen LogP contribution is 2.20. The second kappa shape index (κ2) is 5.05.